The second kappa shape index (κ2) is 6.18. The first-order chi connectivity index (χ1) is 7.15. The van der Waals surface area contributed by atoms with Crippen LogP contribution in [0, 0.1) is 5.92 Å². The maximum atomic E-state index is 6.12. The van der Waals surface area contributed by atoms with E-state index in [4.69, 9.17) is 5.73 Å². The highest BCUT2D eigenvalue weighted by Gasteiger charge is 2.10. The predicted octanol–water partition coefficient (Wildman–Crippen LogP) is 2.29. The second-order valence-electron chi connectivity index (χ2n) is 4.11. The molecule has 0 saturated carbocycles. The minimum Gasteiger partial charge on any atom is -0.322 e. The van der Waals surface area contributed by atoms with Crippen LogP contribution in [0.3, 0.4) is 0 Å². The molecule has 0 aliphatic heterocycles. The monoisotopic (exact) mass is 227 g/mol. The van der Waals surface area contributed by atoms with Crippen molar-refractivity contribution in [2.24, 2.45) is 11.7 Å². The van der Waals surface area contributed by atoms with E-state index < -0.39 is 0 Å². The molecule has 0 aliphatic carbocycles. The lowest BCUT2D eigenvalue weighted by Gasteiger charge is -2.13. The first-order valence-electron chi connectivity index (χ1n) is 5.50. The van der Waals surface area contributed by atoms with E-state index >= 15 is 0 Å². The second-order valence-corrected chi connectivity index (χ2v) is 5.18. The molecule has 0 radical (unpaired) electrons. The van der Waals surface area contributed by atoms with Gasteiger partial charge in [-0.2, -0.15) is 16.9 Å². The quantitative estimate of drug-likeness (QED) is 0.811. The van der Waals surface area contributed by atoms with Crippen LogP contribution in [-0.4, -0.2) is 21.3 Å². The molecule has 86 valence electrons. The Balaban J connectivity index is 2.43. The average Bonchev–Trinajstić information content (AvgIpc) is 2.64. The van der Waals surface area contributed by atoms with E-state index in [-0.39, 0.29) is 6.04 Å². The molecule has 0 fully saturated rings. The van der Waals surface area contributed by atoms with Crippen molar-refractivity contribution >= 4 is 11.8 Å². The Kier molecular flexibility index (Phi) is 5.19. The van der Waals surface area contributed by atoms with E-state index in [2.05, 4.69) is 25.9 Å². The van der Waals surface area contributed by atoms with Crippen molar-refractivity contribution in [2.75, 3.05) is 11.5 Å². The number of hydrogen-bond acceptors (Lipinski definition) is 3. The maximum Gasteiger partial charge on any atom is 0.0559 e. The summed E-state index contributed by atoms with van der Waals surface area (Å²) in [5.74, 6) is 2.89. The topological polar surface area (TPSA) is 43.8 Å². The summed E-state index contributed by atoms with van der Waals surface area (Å²) in [5, 5.41) is 4.23. The van der Waals surface area contributed by atoms with Gasteiger partial charge in [-0.3, -0.25) is 4.68 Å². The predicted molar refractivity (Wildman–Crippen MR) is 67.0 cm³/mol. The Labute approximate surface area is 96.4 Å². The molecule has 0 amide bonds. The molecular formula is C11H21N3S. The number of nitrogens with zero attached hydrogens (tertiary/aromatic N) is 2. The zero-order valence-electron chi connectivity index (χ0n) is 9.81. The van der Waals surface area contributed by atoms with Crippen molar-refractivity contribution in [2.45, 2.75) is 33.4 Å². The lowest BCUT2D eigenvalue weighted by atomic mass is 10.2. The molecule has 0 aromatic carbocycles. The van der Waals surface area contributed by atoms with E-state index in [1.165, 1.54) is 5.75 Å². The highest BCUT2D eigenvalue weighted by molar-refractivity contribution is 7.99. The SMILES string of the molecule is CCn1nccc1C(N)CSCC(C)C. The van der Waals surface area contributed by atoms with Gasteiger partial charge in [-0.05, 0) is 24.7 Å². The minimum absolute atomic E-state index is 0.108. The summed E-state index contributed by atoms with van der Waals surface area (Å²) in [5.41, 5.74) is 7.27. The number of hydrogen-bond donors (Lipinski definition) is 1. The third-order valence-electron chi connectivity index (χ3n) is 2.18. The summed E-state index contributed by atoms with van der Waals surface area (Å²) < 4.78 is 1.97. The molecule has 4 heteroatoms. The van der Waals surface area contributed by atoms with Crippen molar-refractivity contribution in [3.05, 3.63) is 18.0 Å². The van der Waals surface area contributed by atoms with Gasteiger partial charge in [0.05, 0.1) is 11.7 Å². The van der Waals surface area contributed by atoms with Crippen LogP contribution in [0.25, 0.3) is 0 Å². The van der Waals surface area contributed by atoms with Crippen molar-refractivity contribution in [1.82, 2.24) is 9.78 Å². The Hall–Kier alpha value is -0.480. The molecule has 0 bridgehead atoms. The zero-order chi connectivity index (χ0) is 11.3. The van der Waals surface area contributed by atoms with Crippen LogP contribution in [-0.2, 0) is 6.54 Å². The fourth-order valence-corrected chi connectivity index (χ4v) is 2.47. The number of rotatable bonds is 6. The third kappa shape index (κ3) is 3.87. The third-order valence-corrected chi connectivity index (χ3v) is 3.67. The van der Waals surface area contributed by atoms with Gasteiger partial charge in [-0.25, -0.2) is 0 Å². The largest absolute Gasteiger partial charge is 0.322 e. The Bertz CT molecular complexity index is 283. The number of aromatic nitrogens is 2. The molecule has 1 heterocycles. The van der Waals surface area contributed by atoms with Gasteiger partial charge >= 0.3 is 0 Å². The van der Waals surface area contributed by atoms with Crippen LogP contribution in [0.5, 0.6) is 0 Å². The van der Waals surface area contributed by atoms with Crippen molar-refractivity contribution < 1.29 is 0 Å². The summed E-state index contributed by atoms with van der Waals surface area (Å²) in [7, 11) is 0. The molecular weight excluding hydrogens is 206 g/mol. The van der Waals surface area contributed by atoms with Crippen molar-refractivity contribution in [1.29, 1.82) is 0 Å². The van der Waals surface area contributed by atoms with Crippen LogP contribution < -0.4 is 5.73 Å². The van der Waals surface area contributed by atoms with Gasteiger partial charge in [0, 0.05) is 18.5 Å². The molecule has 2 N–H and O–H groups in total. The van der Waals surface area contributed by atoms with Crippen molar-refractivity contribution in [3.8, 4) is 0 Å². The van der Waals surface area contributed by atoms with Crippen LogP contribution in [0.2, 0.25) is 0 Å². The molecule has 15 heavy (non-hydrogen) atoms. The number of thioether (sulfide) groups is 1. The van der Waals surface area contributed by atoms with E-state index in [9.17, 15) is 0 Å². The number of nitrogens with two attached hydrogens (primary N) is 1. The van der Waals surface area contributed by atoms with Crippen LogP contribution in [0.1, 0.15) is 32.5 Å². The summed E-state index contributed by atoms with van der Waals surface area (Å²) in [6.07, 6.45) is 1.83. The summed E-state index contributed by atoms with van der Waals surface area (Å²) >= 11 is 1.92. The van der Waals surface area contributed by atoms with Crippen LogP contribution in [0.4, 0.5) is 0 Å². The molecule has 1 aromatic rings. The molecule has 1 aromatic heterocycles. The highest BCUT2D eigenvalue weighted by Crippen LogP contribution is 2.17. The molecule has 1 unspecified atom stereocenters. The fourth-order valence-electron chi connectivity index (χ4n) is 1.44. The smallest absolute Gasteiger partial charge is 0.0559 e. The first kappa shape index (κ1) is 12.6. The molecule has 1 rings (SSSR count). The van der Waals surface area contributed by atoms with Gasteiger partial charge < -0.3 is 5.73 Å². The lowest BCUT2D eigenvalue weighted by molar-refractivity contribution is 0.592. The zero-order valence-corrected chi connectivity index (χ0v) is 10.6. The average molecular weight is 227 g/mol. The van der Waals surface area contributed by atoms with Crippen LogP contribution >= 0.6 is 11.8 Å². The summed E-state index contributed by atoms with van der Waals surface area (Å²) in [4.78, 5) is 0. The molecule has 0 saturated heterocycles. The molecule has 0 aliphatic rings. The Morgan fingerprint density at radius 3 is 2.80 bits per heavy atom. The Morgan fingerprint density at radius 1 is 1.47 bits per heavy atom. The van der Waals surface area contributed by atoms with E-state index in [0.717, 1.165) is 23.9 Å². The van der Waals surface area contributed by atoms with E-state index in [1.807, 2.05) is 28.7 Å². The van der Waals surface area contributed by atoms with Gasteiger partial charge in [-0.1, -0.05) is 13.8 Å². The maximum absolute atomic E-state index is 6.12. The molecule has 0 spiro atoms. The molecule has 3 nitrogen and oxygen atoms in total. The Morgan fingerprint density at radius 2 is 2.20 bits per heavy atom. The highest BCUT2D eigenvalue weighted by atomic mass is 32.2. The van der Waals surface area contributed by atoms with Gasteiger partial charge in [0.25, 0.3) is 0 Å². The molecule has 1 atom stereocenters. The number of aryl methyl sites for hydroxylation is 1. The lowest BCUT2D eigenvalue weighted by Crippen LogP contribution is -2.18. The van der Waals surface area contributed by atoms with Gasteiger partial charge in [0.2, 0.25) is 0 Å². The van der Waals surface area contributed by atoms with E-state index in [1.54, 1.807) is 0 Å². The fraction of sp³-hybridized carbons (Fsp3) is 0.727. The summed E-state index contributed by atoms with van der Waals surface area (Å²) in [6.45, 7) is 7.44. The van der Waals surface area contributed by atoms with Gasteiger partial charge in [0.1, 0.15) is 0 Å². The normalized spacial score (nSPS) is 13.4. The van der Waals surface area contributed by atoms with Gasteiger partial charge in [-0.15, -0.1) is 0 Å². The van der Waals surface area contributed by atoms with E-state index in [0.29, 0.717) is 0 Å². The first-order valence-corrected chi connectivity index (χ1v) is 6.65. The summed E-state index contributed by atoms with van der Waals surface area (Å²) in [6, 6.07) is 2.13. The van der Waals surface area contributed by atoms with Crippen molar-refractivity contribution in [3.63, 3.8) is 0 Å². The van der Waals surface area contributed by atoms with Crippen LogP contribution in [0.15, 0.2) is 12.3 Å². The minimum atomic E-state index is 0.108. The van der Waals surface area contributed by atoms with Gasteiger partial charge in [0.15, 0.2) is 0 Å². The standard InChI is InChI=1S/C11H21N3S/c1-4-14-11(5-6-13-14)10(12)8-15-7-9(2)3/h5-6,9-10H,4,7-8,12H2,1-3H3.